The largest absolute Gasteiger partial charge is 0.465 e. The van der Waals surface area contributed by atoms with E-state index in [-0.39, 0.29) is 55.5 Å². The number of hydrogen-bond donors (Lipinski definition) is 1. The number of ether oxygens (including phenoxy) is 1. The summed E-state index contributed by atoms with van der Waals surface area (Å²) >= 11 is 0. The molecule has 7 aliphatic carbocycles. The maximum atomic E-state index is 15.5. The Labute approximate surface area is 252 Å². The summed E-state index contributed by atoms with van der Waals surface area (Å²) in [5.74, 6) is -8.58. The molecular weight excluding hydrogens is 596 g/mol. The van der Waals surface area contributed by atoms with E-state index in [4.69, 9.17) is 4.74 Å². The fraction of sp³-hybridized carbons (Fsp3) is 0.441. The van der Waals surface area contributed by atoms with Crippen LogP contribution >= 0.6 is 0 Å². The van der Waals surface area contributed by atoms with Crippen LogP contribution in [0, 0.1) is 46.4 Å². The molecule has 230 valence electrons. The van der Waals surface area contributed by atoms with Gasteiger partial charge in [0.25, 0.3) is 0 Å². The number of benzene rings is 3. The Kier molecular flexibility index (Phi) is 6.03. The minimum absolute atomic E-state index is 0.00516. The van der Waals surface area contributed by atoms with E-state index in [0.29, 0.717) is 19.3 Å². The molecule has 0 saturated heterocycles. The first kappa shape index (κ1) is 28.2. The first-order valence-corrected chi connectivity index (χ1v) is 16.5. The lowest BCUT2D eigenvalue weighted by Crippen LogP contribution is -2.56. The van der Waals surface area contributed by atoms with E-state index in [1.165, 1.54) is 11.1 Å². The summed E-state index contributed by atoms with van der Waals surface area (Å²) in [6, 6.07) is 16.4. The number of halogens is 4. The second-order valence-corrected chi connectivity index (χ2v) is 15.3. The Bertz CT molecular complexity index is 1770. The van der Waals surface area contributed by atoms with Gasteiger partial charge in [0.15, 0.2) is 28.2 Å². The van der Waals surface area contributed by atoms with E-state index in [1.807, 2.05) is 24.3 Å². The molecule has 0 heterocycles. The molecule has 3 aromatic carbocycles. The average Bonchev–Trinajstić information content (AvgIpc) is 2.97. The fourth-order valence-corrected chi connectivity index (χ4v) is 11.0. The third kappa shape index (κ3) is 3.92. The van der Waals surface area contributed by atoms with Crippen LogP contribution in [0.15, 0.2) is 53.4 Å². The van der Waals surface area contributed by atoms with Gasteiger partial charge in [0.1, 0.15) is 0 Å². The van der Waals surface area contributed by atoms with E-state index in [2.05, 4.69) is 24.3 Å². The van der Waals surface area contributed by atoms with Crippen LogP contribution in [0.4, 0.5) is 17.6 Å². The second-order valence-electron chi connectivity index (χ2n) is 13.9. The molecule has 5 nitrogen and oxygen atoms in total. The van der Waals surface area contributed by atoms with E-state index in [9.17, 15) is 26.5 Å². The molecule has 0 spiro atoms. The zero-order valence-corrected chi connectivity index (χ0v) is 24.5. The molecule has 7 aliphatic rings. The zero-order chi connectivity index (χ0) is 30.8. The van der Waals surface area contributed by atoms with Crippen molar-refractivity contribution >= 4 is 16.1 Å². The van der Waals surface area contributed by atoms with Gasteiger partial charge >= 0.3 is 16.1 Å². The van der Waals surface area contributed by atoms with Crippen LogP contribution in [0.5, 0.6) is 0 Å². The Morgan fingerprint density at radius 2 is 1.32 bits per heavy atom. The molecule has 4 fully saturated rings. The van der Waals surface area contributed by atoms with Gasteiger partial charge in [0.05, 0.1) is 12.5 Å². The van der Waals surface area contributed by atoms with Crippen LogP contribution in [0.1, 0.15) is 84.6 Å². The maximum Gasteiger partial charge on any atom is 0.309 e. The second kappa shape index (κ2) is 9.39. The van der Waals surface area contributed by atoms with Crippen molar-refractivity contribution in [1.82, 2.24) is 0 Å². The highest BCUT2D eigenvalue weighted by atomic mass is 32.2. The van der Waals surface area contributed by atoms with Crippen molar-refractivity contribution in [2.75, 3.05) is 6.61 Å². The standard InChI is InChI=1S/C34H30F4O5S/c35-27-26(28(36)30(38)31(29(27)37)44(40,41)42)34-13-17-9-18(14-34)12-33(11-17,15-34)16-43-32(39)24-10-23-19-5-1-3-7-21(19)25(24)22-8-4-2-6-20(22)23/h1-8,17-18,23-25H,9-16H2,(H,40,41,42). The summed E-state index contributed by atoms with van der Waals surface area (Å²) in [7, 11) is -5.55. The number of hydrogen-bond acceptors (Lipinski definition) is 4. The lowest BCUT2D eigenvalue weighted by molar-refractivity contribution is -0.163. The predicted octanol–water partition coefficient (Wildman–Crippen LogP) is 7.17. The number of esters is 1. The molecule has 10 heteroatoms. The van der Waals surface area contributed by atoms with Crippen LogP contribution in [0.3, 0.4) is 0 Å². The minimum atomic E-state index is -5.55. The van der Waals surface area contributed by atoms with Crippen LogP contribution in [0.25, 0.3) is 0 Å². The van der Waals surface area contributed by atoms with Crippen LogP contribution in [-0.4, -0.2) is 25.5 Å². The normalized spacial score (nSPS) is 32.8. The van der Waals surface area contributed by atoms with Gasteiger partial charge in [-0.2, -0.15) is 8.42 Å². The quantitative estimate of drug-likeness (QED) is 0.141. The van der Waals surface area contributed by atoms with Gasteiger partial charge in [-0.3, -0.25) is 9.35 Å². The Balaban J connectivity index is 1.10. The monoisotopic (exact) mass is 626 g/mol. The molecule has 10 rings (SSSR count). The third-order valence-corrected chi connectivity index (χ3v) is 12.2. The van der Waals surface area contributed by atoms with Crippen molar-refractivity contribution in [1.29, 1.82) is 0 Å². The van der Waals surface area contributed by atoms with Gasteiger partial charge in [0, 0.05) is 28.2 Å². The Hall–Kier alpha value is -3.24. The number of rotatable bonds is 5. The van der Waals surface area contributed by atoms with Crippen molar-refractivity contribution < 1.29 is 40.1 Å². The molecule has 3 unspecified atom stereocenters. The summed E-state index contributed by atoms with van der Waals surface area (Å²) in [5, 5.41) is 0. The highest BCUT2D eigenvalue weighted by molar-refractivity contribution is 7.85. The van der Waals surface area contributed by atoms with Crippen molar-refractivity contribution in [2.45, 2.75) is 67.1 Å². The fourth-order valence-electron chi connectivity index (χ4n) is 10.4. The van der Waals surface area contributed by atoms with Crippen molar-refractivity contribution in [3.05, 3.63) is 99.6 Å². The van der Waals surface area contributed by atoms with Crippen LogP contribution in [0.2, 0.25) is 0 Å². The van der Waals surface area contributed by atoms with E-state index in [1.54, 1.807) is 0 Å². The van der Waals surface area contributed by atoms with Gasteiger partial charge in [-0.15, -0.1) is 0 Å². The summed E-state index contributed by atoms with van der Waals surface area (Å²) < 4.78 is 99.3. The average molecular weight is 627 g/mol. The molecular formula is C34H30F4O5S. The van der Waals surface area contributed by atoms with Gasteiger partial charge in [-0.25, -0.2) is 17.6 Å². The number of fused-ring (bicyclic) bond motifs is 1. The van der Waals surface area contributed by atoms with Crippen LogP contribution in [-0.2, 0) is 25.1 Å². The lowest BCUT2D eigenvalue weighted by atomic mass is 9.43. The molecule has 3 atom stereocenters. The maximum absolute atomic E-state index is 15.5. The lowest BCUT2D eigenvalue weighted by Gasteiger charge is -2.62. The number of carbonyl (C=O) groups excluding carboxylic acids is 1. The first-order valence-electron chi connectivity index (χ1n) is 15.1. The van der Waals surface area contributed by atoms with Crippen molar-refractivity contribution in [3.63, 3.8) is 0 Å². The van der Waals surface area contributed by atoms with E-state index >= 15 is 8.78 Å². The minimum Gasteiger partial charge on any atom is -0.465 e. The zero-order valence-electron chi connectivity index (χ0n) is 23.7. The SMILES string of the molecule is O=C(OCC12CC3CC(C1)CC(c1c(F)c(F)c(S(=O)(=O)O)c(F)c1F)(C3)C2)C1CC2c3ccccc3C1c1ccccc12. The van der Waals surface area contributed by atoms with Crippen molar-refractivity contribution in [2.24, 2.45) is 23.2 Å². The van der Waals surface area contributed by atoms with Gasteiger partial charge in [0.2, 0.25) is 0 Å². The molecule has 0 aliphatic heterocycles. The smallest absolute Gasteiger partial charge is 0.309 e. The highest BCUT2D eigenvalue weighted by Gasteiger charge is 2.61. The molecule has 1 N–H and O–H groups in total. The predicted molar refractivity (Wildman–Crippen MR) is 151 cm³/mol. The first-order chi connectivity index (χ1) is 20.9. The van der Waals surface area contributed by atoms with Gasteiger partial charge in [-0.05, 0) is 79.0 Å². The summed E-state index contributed by atoms with van der Waals surface area (Å²) in [4.78, 5) is 11.8. The van der Waals surface area contributed by atoms with Gasteiger partial charge in [-0.1, -0.05) is 48.5 Å². The van der Waals surface area contributed by atoms with E-state index < -0.39 is 60.6 Å². The topological polar surface area (TPSA) is 80.7 Å². The highest BCUT2D eigenvalue weighted by Crippen LogP contribution is 2.67. The van der Waals surface area contributed by atoms with Crippen LogP contribution < -0.4 is 0 Å². The number of carbonyl (C=O) groups is 1. The summed E-state index contributed by atoms with van der Waals surface area (Å²) in [6.07, 6.45) is 3.48. The summed E-state index contributed by atoms with van der Waals surface area (Å²) in [5.41, 5.74) is 1.99. The molecule has 4 saturated carbocycles. The molecule has 0 aromatic heterocycles. The van der Waals surface area contributed by atoms with Gasteiger partial charge < -0.3 is 4.74 Å². The third-order valence-electron chi connectivity index (χ3n) is 11.3. The molecule has 44 heavy (non-hydrogen) atoms. The van der Waals surface area contributed by atoms with Crippen molar-refractivity contribution in [3.8, 4) is 0 Å². The molecule has 0 amide bonds. The summed E-state index contributed by atoms with van der Waals surface area (Å²) in [6.45, 7) is 0.0368. The molecule has 0 radical (unpaired) electrons. The Morgan fingerprint density at radius 3 is 1.84 bits per heavy atom. The van der Waals surface area contributed by atoms with E-state index in [0.717, 1.165) is 17.5 Å². The molecule has 6 bridgehead atoms. The Morgan fingerprint density at radius 1 is 0.795 bits per heavy atom. The molecule has 3 aromatic rings.